The number of hydrogen-bond acceptors (Lipinski definition) is 5. The van der Waals surface area contributed by atoms with Crippen LogP contribution in [0.2, 0.25) is 0 Å². The molecular weight excluding hydrogens is 244 g/mol. The van der Waals surface area contributed by atoms with Crippen molar-refractivity contribution < 1.29 is 17.7 Å². The van der Waals surface area contributed by atoms with Gasteiger partial charge in [-0.1, -0.05) is 0 Å². The van der Waals surface area contributed by atoms with Crippen LogP contribution in [0, 0.1) is 0 Å². The van der Waals surface area contributed by atoms with Crippen LogP contribution in [0.3, 0.4) is 0 Å². The van der Waals surface area contributed by atoms with Crippen molar-refractivity contribution >= 4 is 16.0 Å². The van der Waals surface area contributed by atoms with Crippen LogP contribution in [-0.4, -0.2) is 42.2 Å². The Morgan fingerprint density at radius 3 is 3.06 bits per heavy atom. The van der Waals surface area contributed by atoms with E-state index in [0.29, 0.717) is 18.7 Å². The third-order valence-corrected chi connectivity index (χ3v) is 3.21. The predicted molar refractivity (Wildman–Crippen MR) is 62.9 cm³/mol. The molecule has 2 aliphatic heterocycles. The lowest BCUT2D eigenvalue weighted by atomic mass is 10.3. The summed E-state index contributed by atoms with van der Waals surface area (Å²) in [6.45, 7) is 2.31. The summed E-state index contributed by atoms with van der Waals surface area (Å²) >= 11 is 0. The SMILES string of the molecule is CC1N=C2C(=CC=CN2CCCS(=O)(=O)O)O1. The third kappa shape index (κ3) is 3.07. The van der Waals surface area contributed by atoms with E-state index in [-0.39, 0.29) is 12.0 Å². The summed E-state index contributed by atoms with van der Waals surface area (Å²) in [5.41, 5.74) is 0. The summed E-state index contributed by atoms with van der Waals surface area (Å²) in [6, 6.07) is 0. The van der Waals surface area contributed by atoms with Crippen LogP contribution in [0.4, 0.5) is 0 Å². The molecule has 17 heavy (non-hydrogen) atoms. The fourth-order valence-electron chi connectivity index (χ4n) is 1.73. The number of amidine groups is 1. The molecule has 0 aromatic carbocycles. The van der Waals surface area contributed by atoms with Gasteiger partial charge in [0.05, 0.1) is 5.75 Å². The van der Waals surface area contributed by atoms with Crippen LogP contribution in [0.25, 0.3) is 0 Å². The molecule has 0 saturated carbocycles. The van der Waals surface area contributed by atoms with Crippen molar-refractivity contribution in [1.29, 1.82) is 0 Å². The molecule has 0 fully saturated rings. The average Bonchev–Trinajstić information content (AvgIpc) is 2.57. The van der Waals surface area contributed by atoms with Crippen LogP contribution >= 0.6 is 0 Å². The van der Waals surface area contributed by atoms with E-state index in [1.165, 1.54) is 0 Å². The van der Waals surface area contributed by atoms with E-state index in [1.807, 2.05) is 30.2 Å². The Labute approximate surface area is 100 Å². The second kappa shape index (κ2) is 4.50. The molecule has 1 unspecified atom stereocenters. The molecule has 0 bridgehead atoms. The Morgan fingerprint density at radius 2 is 2.35 bits per heavy atom. The summed E-state index contributed by atoms with van der Waals surface area (Å²) in [5.74, 6) is 1.17. The lowest BCUT2D eigenvalue weighted by molar-refractivity contribution is 0.172. The van der Waals surface area contributed by atoms with Crippen LogP contribution < -0.4 is 0 Å². The van der Waals surface area contributed by atoms with E-state index in [2.05, 4.69) is 4.99 Å². The van der Waals surface area contributed by atoms with Crippen LogP contribution in [0.1, 0.15) is 13.3 Å². The molecule has 94 valence electrons. The zero-order valence-corrected chi connectivity index (χ0v) is 10.2. The summed E-state index contributed by atoms with van der Waals surface area (Å²) in [5, 5.41) is 0. The van der Waals surface area contributed by atoms with Gasteiger partial charge in [0.1, 0.15) is 0 Å². The fourth-order valence-corrected chi connectivity index (χ4v) is 2.22. The van der Waals surface area contributed by atoms with Gasteiger partial charge in [-0.05, 0) is 25.5 Å². The maximum absolute atomic E-state index is 10.6. The predicted octanol–water partition coefficient (Wildman–Crippen LogP) is 0.752. The van der Waals surface area contributed by atoms with Gasteiger partial charge in [-0.15, -0.1) is 0 Å². The first-order valence-corrected chi connectivity index (χ1v) is 6.92. The quantitative estimate of drug-likeness (QED) is 0.753. The van der Waals surface area contributed by atoms with E-state index in [0.717, 1.165) is 5.84 Å². The van der Waals surface area contributed by atoms with Gasteiger partial charge in [0.2, 0.25) is 0 Å². The molecule has 1 atom stereocenters. The van der Waals surface area contributed by atoms with Gasteiger partial charge in [-0.2, -0.15) is 8.42 Å². The maximum Gasteiger partial charge on any atom is 0.264 e. The number of fused-ring (bicyclic) bond motifs is 1. The Morgan fingerprint density at radius 1 is 1.59 bits per heavy atom. The normalized spacial score (nSPS) is 22.9. The summed E-state index contributed by atoms with van der Waals surface area (Å²) in [4.78, 5) is 6.12. The molecule has 0 spiro atoms. The lowest BCUT2D eigenvalue weighted by Crippen LogP contribution is -2.29. The van der Waals surface area contributed by atoms with E-state index < -0.39 is 10.1 Å². The number of rotatable bonds is 4. The largest absolute Gasteiger partial charge is 0.465 e. The highest BCUT2D eigenvalue weighted by molar-refractivity contribution is 7.85. The van der Waals surface area contributed by atoms with E-state index >= 15 is 0 Å². The minimum atomic E-state index is -3.89. The molecule has 2 rings (SSSR count). The van der Waals surface area contributed by atoms with Crippen LogP contribution in [-0.2, 0) is 14.9 Å². The van der Waals surface area contributed by atoms with Crippen molar-refractivity contribution in [2.75, 3.05) is 12.3 Å². The summed E-state index contributed by atoms with van der Waals surface area (Å²) in [6.07, 6.45) is 5.58. The monoisotopic (exact) mass is 258 g/mol. The van der Waals surface area contributed by atoms with Crippen LogP contribution in [0.5, 0.6) is 0 Å². The van der Waals surface area contributed by atoms with E-state index in [1.54, 1.807) is 0 Å². The first-order valence-electron chi connectivity index (χ1n) is 5.31. The first-order chi connectivity index (χ1) is 7.96. The molecular formula is C10H14N2O4S. The number of aliphatic imine (C=N–C) groups is 1. The van der Waals surface area contributed by atoms with Gasteiger partial charge in [0, 0.05) is 12.7 Å². The highest BCUT2D eigenvalue weighted by Gasteiger charge is 2.26. The lowest BCUT2D eigenvalue weighted by Gasteiger charge is -2.21. The van der Waals surface area contributed by atoms with Gasteiger partial charge >= 0.3 is 0 Å². The Balaban J connectivity index is 1.96. The minimum absolute atomic E-state index is 0.208. The second-order valence-corrected chi connectivity index (χ2v) is 5.45. The van der Waals surface area contributed by atoms with Gasteiger partial charge < -0.3 is 9.64 Å². The molecule has 6 nitrogen and oxygen atoms in total. The Kier molecular flexibility index (Phi) is 3.21. The fraction of sp³-hybridized carbons (Fsp3) is 0.500. The second-order valence-electron chi connectivity index (χ2n) is 3.88. The maximum atomic E-state index is 10.6. The average molecular weight is 258 g/mol. The standard InChI is InChI=1S/C10H14N2O4S/c1-8-11-10-9(16-8)4-2-5-12(10)6-3-7-17(13,14)15/h2,4-5,8H,3,6-7H2,1H3,(H,13,14,15). The summed E-state index contributed by atoms with van der Waals surface area (Å²) < 4.78 is 35.3. The Bertz CT molecular complexity index is 492. The zero-order valence-electron chi connectivity index (χ0n) is 9.41. The smallest absolute Gasteiger partial charge is 0.264 e. The van der Waals surface area contributed by atoms with Crippen molar-refractivity contribution in [3.8, 4) is 0 Å². The van der Waals surface area contributed by atoms with E-state index in [9.17, 15) is 8.42 Å². The summed E-state index contributed by atoms with van der Waals surface area (Å²) in [7, 11) is -3.89. The van der Waals surface area contributed by atoms with Crippen molar-refractivity contribution in [1.82, 2.24) is 4.90 Å². The topological polar surface area (TPSA) is 79.2 Å². The molecule has 0 aromatic rings. The van der Waals surface area contributed by atoms with Gasteiger partial charge in [-0.3, -0.25) is 4.55 Å². The number of ether oxygens (including phenoxy) is 1. The molecule has 0 aromatic heterocycles. The number of hydrogen-bond donors (Lipinski definition) is 1. The van der Waals surface area contributed by atoms with Gasteiger partial charge in [-0.25, -0.2) is 4.99 Å². The molecule has 0 aliphatic carbocycles. The number of nitrogens with zero attached hydrogens (tertiary/aromatic N) is 2. The van der Waals surface area contributed by atoms with Crippen molar-refractivity contribution in [2.24, 2.45) is 4.99 Å². The van der Waals surface area contributed by atoms with Crippen molar-refractivity contribution in [2.45, 2.75) is 19.6 Å². The zero-order chi connectivity index (χ0) is 12.5. The Hall–Kier alpha value is -1.34. The number of allylic oxidation sites excluding steroid dienone is 2. The molecule has 0 saturated heterocycles. The molecule has 0 amide bonds. The molecule has 2 aliphatic rings. The molecule has 7 heteroatoms. The van der Waals surface area contributed by atoms with Crippen molar-refractivity contribution in [3.05, 3.63) is 24.1 Å². The van der Waals surface area contributed by atoms with Crippen LogP contribution in [0.15, 0.2) is 29.1 Å². The molecule has 0 radical (unpaired) electrons. The van der Waals surface area contributed by atoms with Gasteiger partial charge in [0.25, 0.3) is 10.1 Å². The highest BCUT2D eigenvalue weighted by atomic mass is 32.2. The first kappa shape index (κ1) is 12.1. The molecule has 1 N–H and O–H groups in total. The molecule has 2 heterocycles. The minimum Gasteiger partial charge on any atom is -0.465 e. The van der Waals surface area contributed by atoms with Crippen molar-refractivity contribution in [3.63, 3.8) is 0 Å². The van der Waals surface area contributed by atoms with Gasteiger partial charge in [0.15, 0.2) is 17.8 Å². The highest BCUT2D eigenvalue weighted by Crippen LogP contribution is 2.21. The van der Waals surface area contributed by atoms with E-state index in [4.69, 9.17) is 9.29 Å². The third-order valence-electron chi connectivity index (χ3n) is 2.41.